The molecule has 0 aliphatic carbocycles. The van der Waals surface area contributed by atoms with Gasteiger partial charge in [-0.1, -0.05) is 45.2 Å². The van der Waals surface area contributed by atoms with Crippen LogP contribution in [0.5, 0.6) is 5.75 Å². The van der Waals surface area contributed by atoms with Crippen LogP contribution < -0.4 is 4.74 Å². The van der Waals surface area contributed by atoms with Crippen LogP contribution in [0.25, 0.3) is 0 Å². The van der Waals surface area contributed by atoms with E-state index in [1.54, 1.807) is 18.2 Å². The van der Waals surface area contributed by atoms with Gasteiger partial charge in [0.15, 0.2) is 0 Å². The van der Waals surface area contributed by atoms with Crippen molar-refractivity contribution in [2.45, 2.75) is 12.3 Å². The largest absolute Gasteiger partial charge is 0.494 e. The lowest BCUT2D eigenvalue weighted by atomic mass is 9.96. The number of ether oxygens (including phenoxy) is 2. The van der Waals surface area contributed by atoms with Gasteiger partial charge in [0, 0.05) is 14.5 Å². The Hall–Kier alpha value is -1.23. The highest BCUT2D eigenvalue weighted by Crippen LogP contribution is 2.30. The Balaban J connectivity index is 2.07. The Morgan fingerprint density at radius 1 is 1.17 bits per heavy atom. The molecule has 0 amide bonds. The number of esters is 1. The van der Waals surface area contributed by atoms with Crippen LogP contribution in [0.1, 0.15) is 17.9 Å². The highest BCUT2D eigenvalue weighted by molar-refractivity contribution is 9.10. The first kappa shape index (κ1) is 18.1. The summed E-state index contributed by atoms with van der Waals surface area (Å²) in [6.45, 7) is 0.361. The molecule has 6 heteroatoms. The fraction of sp³-hybridized carbons (Fsp3) is 0.235. The summed E-state index contributed by atoms with van der Waals surface area (Å²) in [5.74, 6) is -0.118. The molecule has 0 aliphatic rings. The van der Waals surface area contributed by atoms with Crippen LogP contribution in [0.15, 0.2) is 46.9 Å². The van der Waals surface area contributed by atoms with E-state index in [4.69, 9.17) is 32.7 Å². The van der Waals surface area contributed by atoms with E-state index in [-0.39, 0.29) is 5.97 Å². The minimum Gasteiger partial charge on any atom is -0.494 e. The van der Waals surface area contributed by atoms with Gasteiger partial charge in [-0.15, -0.1) is 0 Å². The zero-order valence-electron chi connectivity index (χ0n) is 12.4. The molecule has 3 nitrogen and oxygen atoms in total. The zero-order valence-corrected chi connectivity index (χ0v) is 15.5. The molecule has 0 spiro atoms. The predicted molar refractivity (Wildman–Crippen MR) is 95.5 cm³/mol. The smallest absolute Gasteiger partial charge is 0.313 e. The van der Waals surface area contributed by atoms with Gasteiger partial charge in [0.2, 0.25) is 0 Å². The van der Waals surface area contributed by atoms with Gasteiger partial charge >= 0.3 is 5.97 Å². The standard InChI is InChI=1S/C17H15BrCl2O3/c1-22-17(21)15(14-7-4-12(19)10-16(14)20)8-9-23-13-5-2-11(18)3-6-13/h2-7,10,15H,8-9H2,1H3/t15-/m1/s1. The van der Waals surface area contributed by atoms with E-state index in [1.807, 2.05) is 24.3 Å². The van der Waals surface area contributed by atoms with Crippen LogP contribution in [-0.4, -0.2) is 19.7 Å². The molecule has 0 heterocycles. The number of carbonyl (C=O) groups excluding carboxylic acids is 1. The van der Waals surface area contributed by atoms with Gasteiger partial charge in [-0.2, -0.15) is 0 Å². The number of halogens is 3. The fourth-order valence-corrected chi connectivity index (χ4v) is 2.96. The van der Waals surface area contributed by atoms with Gasteiger partial charge in [0.25, 0.3) is 0 Å². The molecule has 0 aromatic heterocycles. The topological polar surface area (TPSA) is 35.5 Å². The maximum Gasteiger partial charge on any atom is 0.313 e. The Bertz CT molecular complexity index is 674. The molecule has 0 aliphatic heterocycles. The lowest BCUT2D eigenvalue weighted by molar-refractivity contribution is -0.142. The third-order valence-electron chi connectivity index (χ3n) is 3.31. The molecule has 2 aromatic rings. The van der Waals surface area contributed by atoms with Crippen molar-refractivity contribution in [1.29, 1.82) is 0 Å². The number of hydrogen-bond acceptors (Lipinski definition) is 3. The molecule has 1 atom stereocenters. The lowest BCUT2D eigenvalue weighted by Gasteiger charge is -2.17. The summed E-state index contributed by atoms with van der Waals surface area (Å²) < 4.78 is 11.5. The molecule has 23 heavy (non-hydrogen) atoms. The summed E-state index contributed by atoms with van der Waals surface area (Å²) in [6.07, 6.45) is 0.449. The average Bonchev–Trinajstić information content (AvgIpc) is 2.53. The van der Waals surface area contributed by atoms with Crippen LogP contribution in [0.4, 0.5) is 0 Å². The molecule has 0 saturated carbocycles. The van der Waals surface area contributed by atoms with Crippen molar-refractivity contribution in [1.82, 2.24) is 0 Å². The summed E-state index contributed by atoms with van der Waals surface area (Å²) >= 11 is 15.5. The van der Waals surface area contributed by atoms with Crippen LogP contribution >= 0.6 is 39.1 Å². The molecule has 0 bridgehead atoms. The number of benzene rings is 2. The Labute approximate surface area is 153 Å². The van der Waals surface area contributed by atoms with Gasteiger partial charge in [-0.25, -0.2) is 0 Å². The minimum absolute atomic E-state index is 0.353. The van der Waals surface area contributed by atoms with E-state index in [1.165, 1.54) is 7.11 Å². The highest BCUT2D eigenvalue weighted by Gasteiger charge is 2.24. The van der Waals surface area contributed by atoms with Crippen molar-refractivity contribution in [3.63, 3.8) is 0 Å². The van der Waals surface area contributed by atoms with E-state index in [2.05, 4.69) is 15.9 Å². The first-order valence-corrected chi connectivity index (χ1v) is 8.47. The van der Waals surface area contributed by atoms with Crippen molar-refractivity contribution in [2.24, 2.45) is 0 Å². The van der Waals surface area contributed by atoms with E-state index < -0.39 is 5.92 Å². The van der Waals surface area contributed by atoms with E-state index >= 15 is 0 Å². The van der Waals surface area contributed by atoms with Gasteiger partial charge in [0.1, 0.15) is 5.75 Å². The van der Waals surface area contributed by atoms with Crippen LogP contribution in [0, 0.1) is 0 Å². The normalized spacial score (nSPS) is 11.8. The monoisotopic (exact) mass is 416 g/mol. The van der Waals surface area contributed by atoms with Crippen LogP contribution in [-0.2, 0) is 9.53 Å². The van der Waals surface area contributed by atoms with Crippen molar-refractivity contribution >= 4 is 45.1 Å². The van der Waals surface area contributed by atoms with Gasteiger partial charge in [0.05, 0.1) is 19.6 Å². The molecule has 0 saturated heterocycles. The summed E-state index contributed by atoms with van der Waals surface area (Å²) in [5, 5.41) is 0.963. The second-order valence-corrected chi connectivity index (χ2v) is 6.59. The SMILES string of the molecule is COC(=O)[C@H](CCOc1ccc(Br)cc1)c1ccc(Cl)cc1Cl. The Kier molecular flexibility index (Phi) is 6.75. The maximum absolute atomic E-state index is 12.1. The summed E-state index contributed by atoms with van der Waals surface area (Å²) in [5.41, 5.74) is 0.683. The minimum atomic E-state index is -0.500. The fourth-order valence-electron chi connectivity index (χ4n) is 2.15. The highest BCUT2D eigenvalue weighted by atomic mass is 79.9. The molecule has 0 radical (unpaired) electrons. The molecule has 0 fully saturated rings. The number of hydrogen-bond donors (Lipinski definition) is 0. The average molecular weight is 418 g/mol. The third-order valence-corrected chi connectivity index (χ3v) is 4.40. The van der Waals surface area contributed by atoms with Gasteiger partial charge < -0.3 is 9.47 Å². The molecular formula is C17H15BrCl2O3. The first-order valence-electron chi connectivity index (χ1n) is 6.92. The van der Waals surface area contributed by atoms with E-state index in [0.29, 0.717) is 28.6 Å². The second kappa shape index (κ2) is 8.57. The summed E-state index contributed by atoms with van der Waals surface area (Å²) in [4.78, 5) is 12.1. The third kappa shape index (κ3) is 5.13. The molecule has 2 aromatic carbocycles. The first-order chi connectivity index (χ1) is 11.0. The number of rotatable bonds is 6. The Morgan fingerprint density at radius 3 is 2.48 bits per heavy atom. The predicted octanol–water partition coefficient (Wildman–Crippen LogP) is 5.48. The van der Waals surface area contributed by atoms with Gasteiger partial charge in [-0.3, -0.25) is 4.79 Å². The van der Waals surface area contributed by atoms with Crippen LogP contribution in [0.2, 0.25) is 10.0 Å². The molecular weight excluding hydrogens is 403 g/mol. The quantitative estimate of drug-likeness (QED) is 0.583. The van der Waals surface area contributed by atoms with Crippen LogP contribution in [0.3, 0.4) is 0 Å². The van der Waals surface area contributed by atoms with Crippen molar-refractivity contribution in [2.75, 3.05) is 13.7 Å². The molecule has 2 rings (SSSR count). The molecule has 0 N–H and O–H groups in total. The second-order valence-electron chi connectivity index (χ2n) is 4.83. The van der Waals surface area contributed by atoms with Gasteiger partial charge in [-0.05, 0) is 48.4 Å². The Morgan fingerprint density at radius 2 is 1.87 bits per heavy atom. The van der Waals surface area contributed by atoms with E-state index in [0.717, 1.165) is 10.2 Å². The number of methoxy groups -OCH3 is 1. The van der Waals surface area contributed by atoms with E-state index in [9.17, 15) is 4.79 Å². The molecule has 0 unspecified atom stereocenters. The van der Waals surface area contributed by atoms with Crippen molar-refractivity contribution in [3.05, 3.63) is 62.5 Å². The van der Waals surface area contributed by atoms with Crippen molar-refractivity contribution < 1.29 is 14.3 Å². The summed E-state index contributed by atoms with van der Waals surface area (Å²) in [6, 6.07) is 12.6. The molecule has 122 valence electrons. The number of carbonyl (C=O) groups is 1. The van der Waals surface area contributed by atoms with Crippen molar-refractivity contribution in [3.8, 4) is 5.75 Å². The zero-order chi connectivity index (χ0) is 16.8. The lowest BCUT2D eigenvalue weighted by Crippen LogP contribution is -2.17. The maximum atomic E-state index is 12.1. The summed E-state index contributed by atoms with van der Waals surface area (Å²) in [7, 11) is 1.36.